The van der Waals surface area contributed by atoms with Gasteiger partial charge in [-0.2, -0.15) is 4.98 Å². The molecule has 0 bridgehead atoms. The summed E-state index contributed by atoms with van der Waals surface area (Å²) in [5, 5.41) is 13.5. The Morgan fingerprint density at radius 2 is 1.91 bits per heavy atom. The maximum absolute atomic E-state index is 13.3. The zero-order valence-corrected chi connectivity index (χ0v) is 20.5. The fraction of sp³-hybridized carbons (Fsp3) is 0.615. The summed E-state index contributed by atoms with van der Waals surface area (Å²) in [5.74, 6) is 2.02. The van der Waals surface area contributed by atoms with Crippen molar-refractivity contribution >= 4 is 22.6 Å². The number of aliphatic hydroxyl groups is 1. The number of aromatic nitrogens is 2. The van der Waals surface area contributed by atoms with Gasteiger partial charge in [-0.1, -0.05) is 18.2 Å². The highest BCUT2D eigenvalue weighted by Gasteiger charge is 2.44. The van der Waals surface area contributed by atoms with E-state index in [1.165, 1.54) is 29.5 Å². The first-order chi connectivity index (χ1) is 15.9. The van der Waals surface area contributed by atoms with E-state index < -0.39 is 10.8 Å². The molecule has 33 heavy (non-hydrogen) atoms. The van der Waals surface area contributed by atoms with Crippen LogP contribution in [0.3, 0.4) is 0 Å². The summed E-state index contributed by atoms with van der Waals surface area (Å²) in [6.45, 7) is 6.01. The zero-order chi connectivity index (χ0) is 22.8. The molecule has 1 saturated carbocycles. The predicted molar refractivity (Wildman–Crippen MR) is 132 cm³/mol. The fourth-order valence-corrected chi connectivity index (χ4v) is 7.25. The summed E-state index contributed by atoms with van der Waals surface area (Å²) < 4.78 is 12.9. The normalized spacial score (nSPS) is 25.1. The molecule has 6 nitrogen and oxygen atoms in total. The number of hydrogen-bond acceptors (Lipinski definition) is 6. The van der Waals surface area contributed by atoms with Crippen LogP contribution in [0.5, 0.6) is 0 Å². The summed E-state index contributed by atoms with van der Waals surface area (Å²) in [7, 11) is -1.16. The van der Waals surface area contributed by atoms with Crippen LogP contribution in [-0.4, -0.2) is 49.3 Å². The molecule has 176 valence electrons. The first-order valence-corrected chi connectivity index (χ1v) is 13.6. The number of rotatable bonds is 5. The van der Waals surface area contributed by atoms with E-state index in [2.05, 4.69) is 28.4 Å². The molecule has 2 aromatic rings. The maximum Gasteiger partial charge on any atom is 0.227 e. The molecular weight excluding hydrogens is 432 g/mol. The summed E-state index contributed by atoms with van der Waals surface area (Å²) in [5.41, 5.74) is 5.12. The van der Waals surface area contributed by atoms with Crippen LogP contribution in [-0.2, 0) is 30.1 Å². The largest absolute Gasteiger partial charge is 0.394 e. The van der Waals surface area contributed by atoms with Crippen molar-refractivity contribution in [2.45, 2.75) is 86.3 Å². The second-order valence-electron chi connectivity index (χ2n) is 11.1. The van der Waals surface area contributed by atoms with Crippen molar-refractivity contribution < 1.29 is 9.32 Å². The lowest BCUT2D eigenvalue weighted by Gasteiger charge is -2.42. The van der Waals surface area contributed by atoms with Crippen LogP contribution < -0.4 is 10.2 Å². The minimum absolute atomic E-state index is 0.0727. The second-order valence-corrected chi connectivity index (χ2v) is 13.1. The Bertz CT molecular complexity index is 1110. The van der Waals surface area contributed by atoms with Gasteiger partial charge >= 0.3 is 0 Å². The number of piperidine rings is 1. The lowest BCUT2D eigenvalue weighted by molar-refractivity contribution is 0.143. The topological polar surface area (TPSA) is 78.3 Å². The van der Waals surface area contributed by atoms with E-state index >= 15 is 0 Å². The zero-order valence-electron chi connectivity index (χ0n) is 19.7. The van der Waals surface area contributed by atoms with E-state index in [4.69, 9.17) is 9.97 Å². The standard InChI is InChI=1S/C26H34N4O2S/c1-25(2)15-21-22(33(25)32)23(29-26(16-31)10-3-11-26)28-24(27-21)30-12-8-18(9-13-30)20-7-5-17-4-6-19(17)14-20/h5,7,14,18,31H,3-4,6,8-13,15-16H2,1-2H3,(H,27,28,29). The summed E-state index contributed by atoms with van der Waals surface area (Å²) in [4.78, 5) is 12.9. The molecule has 3 heterocycles. The molecular formula is C26H34N4O2S. The Labute approximate surface area is 198 Å². The molecule has 0 amide bonds. The molecule has 4 aliphatic rings. The van der Waals surface area contributed by atoms with Gasteiger partial charge in [-0.15, -0.1) is 0 Å². The average Bonchev–Trinajstić information content (AvgIpc) is 3.00. The lowest BCUT2D eigenvalue weighted by Crippen LogP contribution is -2.49. The number of nitrogens with zero attached hydrogens (tertiary/aromatic N) is 3. The molecule has 2 aliphatic carbocycles. The Hall–Kier alpha value is -1.99. The average molecular weight is 467 g/mol. The maximum atomic E-state index is 13.3. The molecule has 2 N–H and O–H groups in total. The van der Waals surface area contributed by atoms with Gasteiger partial charge in [0.05, 0.1) is 33.4 Å². The Morgan fingerprint density at radius 3 is 2.52 bits per heavy atom. The summed E-state index contributed by atoms with van der Waals surface area (Å²) in [6, 6.07) is 7.08. The van der Waals surface area contributed by atoms with Gasteiger partial charge in [0.1, 0.15) is 10.7 Å². The molecule has 1 aromatic carbocycles. The van der Waals surface area contributed by atoms with Gasteiger partial charge in [0.25, 0.3) is 0 Å². The molecule has 2 fully saturated rings. The van der Waals surface area contributed by atoms with Gasteiger partial charge in [0.15, 0.2) is 0 Å². The van der Waals surface area contributed by atoms with Crippen molar-refractivity contribution in [1.82, 2.24) is 9.97 Å². The molecule has 1 aromatic heterocycles. The van der Waals surface area contributed by atoms with Gasteiger partial charge < -0.3 is 15.3 Å². The molecule has 6 rings (SSSR count). The van der Waals surface area contributed by atoms with E-state index in [1.807, 2.05) is 13.8 Å². The molecule has 7 heteroatoms. The highest BCUT2D eigenvalue weighted by molar-refractivity contribution is 7.87. The summed E-state index contributed by atoms with van der Waals surface area (Å²) >= 11 is 0. The highest BCUT2D eigenvalue weighted by atomic mass is 32.2. The monoisotopic (exact) mass is 466 g/mol. The van der Waals surface area contributed by atoms with Crippen molar-refractivity contribution in [3.63, 3.8) is 0 Å². The molecule has 1 atom stereocenters. The van der Waals surface area contributed by atoms with Crippen molar-refractivity contribution in [3.05, 3.63) is 40.6 Å². The van der Waals surface area contributed by atoms with Gasteiger partial charge in [0, 0.05) is 19.5 Å². The Morgan fingerprint density at radius 1 is 1.15 bits per heavy atom. The highest BCUT2D eigenvalue weighted by Crippen LogP contribution is 2.43. The number of anilines is 2. The van der Waals surface area contributed by atoms with Crippen LogP contribution in [0.15, 0.2) is 23.1 Å². The summed E-state index contributed by atoms with van der Waals surface area (Å²) in [6.07, 6.45) is 8.28. The van der Waals surface area contributed by atoms with Crippen LogP contribution in [0.2, 0.25) is 0 Å². The second kappa shape index (κ2) is 7.77. The van der Waals surface area contributed by atoms with Crippen LogP contribution in [0.1, 0.15) is 74.3 Å². The van der Waals surface area contributed by atoms with Crippen molar-refractivity contribution in [2.75, 3.05) is 29.9 Å². The minimum Gasteiger partial charge on any atom is -0.394 e. The minimum atomic E-state index is -1.16. The number of benzene rings is 1. The van der Waals surface area contributed by atoms with Crippen LogP contribution >= 0.6 is 0 Å². The number of hydrogen-bond donors (Lipinski definition) is 2. The first-order valence-electron chi connectivity index (χ1n) is 12.5. The van der Waals surface area contributed by atoms with Crippen LogP contribution in [0.4, 0.5) is 11.8 Å². The van der Waals surface area contributed by atoms with Crippen molar-refractivity contribution in [3.8, 4) is 0 Å². The lowest BCUT2D eigenvalue weighted by atomic mass is 9.77. The molecule has 2 aliphatic heterocycles. The molecule has 0 spiro atoms. The van der Waals surface area contributed by atoms with Crippen molar-refractivity contribution in [2.24, 2.45) is 0 Å². The van der Waals surface area contributed by atoms with Gasteiger partial charge in [0.2, 0.25) is 5.95 Å². The van der Waals surface area contributed by atoms with Gasteiger partial charge in [-0.3, -0.25) is 4.21 Å². The number of nitrogens with one attached hydrogen (secondary N) is 1. The number of aryl methyl sites for hydroxylation is 2. The third-order valence-corrected chi connectivity index (χ3v) is 10.3. The smallest absolute Gasteiger partial charge is 0.227 e. The number of fused-ring (bicyclic) bond motifs is 2. The van der Waals surface area contributed by atoms with Gasteiger partial charge in [-0.05, 0) is 81.4 Å². The van der Waals surface area contributed by atoms with E-state index in [1.54, 1.807) is 0 Å². The van der Waals surface area contributed by atoms with Crippen LogP contribution in [0, 0.1) is 0 Å². The van der Waals surface area contributed by atoms with E-state index in [0.29, 0.717) is 18.2 Å². The quantitative estimate of drug-likeness (QED) is 0.699. The van der Waals surface area contributed by atoms with E-state index in [-0.39, 0.29) is 16.9 Å². The predicted octanol–water partition coefficient (Wildman–Crippen LogP) is 3.73. The molecule has 0 radical (unpaired) electrons. The Balaban J connectivity index is 1.26. The van der Waals surface area contributed by atoms with E-state index in [9.17, 15) is 9.32 Å². The van der Waals surface area contributed by atoms with E-state index in [0.717, 1.165) is 61.7 Å². The van der Waals surface area contributed by atoms with Crippen molar-refractivity contribution in [1.29, 1.82) is 0 Å². The molecule has 1 saturated heterocycles. The fourth-order valence-electron chi connectivity index (χ4n) is 5.83. The third kappa shape index (κ3) is 3.59. The SMILES string of the molecule is CC1(C)Cc2nc(N3CCC(c4ccc5c(c4)CC5)CC3)nc(NC3(CO)CCC3)c2S1=O. The molecule has 1 unspecified atom stereocenters. The third-order valence-electron chi connectivity index (χ3n) is 8.34. The van der Waals surface area contributed by atoms with Gasteiger partial charge in [-0.25, -0.2) is 4.98 Å². The van der Waals surface area contributed by atoms with Crippen LogP contribution in [0.25, 0.3) is 0 Å². The Kier molecular flexibility index (Phi) is 5.07. The first kappa shape index (κ1) is 21.5. The number of aliphatic hydroxyl groups excluding tert-OH is 1.